The summed E-state index contributed by atoms with van der Waals surface area (Å²) < 4.78 is 83.9. The lowest BCUT2D eigenvalue weighted by Crippen LogP contribution is -2.34. The van der Waals surface area contributed by atoms with Crippen LogP contribution in [0.2, 0.25) is 0 Å². The van der Waals surface area contributed by atoms with E-state index in [1.54, 1.807) is 6.07 Å². The van der Waals surface area contributed by atoms with Crippen molar-refractivity contribution in [2.75, 3.05) is 20.2 Å². The molecule has 1 heterocycles. The van der Waals surface area contributed by atoms with Gasteiger partial charge in [-0.05, 0) is 79.0 Å². The van der Waals surface area contributed by atoms with Crippen LogP contribution >= 0.6 is 0 Å². The number of nitrogens with zero attached hydrogens (tertiary/aromatic N) is 1. The molecule has 1 N–H and O–H groups in total. The first-order valence-corrected chi connectivity index (χ1v) is 12.4. The summed E-state index contributed by atoms with van der Waals surface area (Å²) in [7, 11) is 1.22. The van der Waals surface area contributed by atoms with Crippen LogP contribution in [0.3, 0.4) is 0 Å². The van der Waals surface area contributed by atoms with E-state index in [2.05, 4.69) is 4.90 Å². The van der Waals surface area contributed by atoms with E-state index in [0.29, 0.717) is 35.3 Å². The normalized spacial score (nSPS) is 15.7. The topological polar surface area (TPSA) is 49.8 Å². The minimum absolute atomic E-state index is 0.169. The van der Waals surface area contributed by atoms with Crippen molar-refractivity contribution in [2.24, 2.45) is 0 Å². The van der Waals surface area contributed by atoms with Crippen LogP contribution < -0.4 is 0 Å². The summed E-state index contributed by atoms with van der Waals surface area (Å²) in [6.45, 7) is 1.25. The van der Waals surface area contributed by atoms with Gasteiger partial charge in [0, 0.05) is 11.1 Å². The highest BCUT2D eigenvalue weighted by Gasteiger charge is 2.33. The number of benzene rings is 3. The zero-order chi connectivity index (χ0) is 28.4. The third-order valence-electron chi connectivity index (χ3n) is 6.90. The monoisotopic (exact) mass is 551 g/mol. The number of rotatable bonds is 6. The average Bonchev–Trinajstić information content (AvgIpc) is 2.90. The van der Waals surface area contributed by atoms with Crippen molar-refractivity contribution in [2.45, 2.75) is 44.1 Å². The van der Waals surface area contributed by atoms with Crippen LogP contribution in [0.5, 0.6) is 5.75 Å². The molecule has 4 rings (SSSR count). The van der Waals surface area contributed by atoms with Gasteiger partial charge in [-0.1, -0.05) is 30.7 Å². The molecule has 1 saturated heterocycles. The first-order chi connectivity index (χ1) is 18.4. The van der Waals surface area contributed by atoms with Crippen LogP contribution in [0, 0.1) is 0 Å². The average molecular weight is 552 g/mol. The minimum atomic E-state index is -4.54. The highest BCUT2D eigenvalue weighted by molar-refractivity contribution is 5.77. The number of ether oxygens (including phenoxy) is 1. The molecule has 0 bridgehead atoms. The molecule has 1 atom stereocenters. The van der Waals surface area contributed by atoms with Gasteiger partial charge in [0.1, 0.15) is 5.75 Å². The molecule has 1 unspecified atom stereocenters. The summed E-state index contributed by atoms with van der Waals surface area (Å²) in [4.78, 5) is 14.2. The van der Waals surface area contributed by atoms with Crippen molar-refractivity contribution in [3.63, 3.8) is 0 Å². The number of halogens is 6. The van der Waals surface area contributed by atoms with Gasteiger partial charge in [0.25, 0.3) is 0 Å². The van der Waals surface area contributed by atoms with Gasteiger partial charge < -0.3 is 9.84 Å². The molecule has 0 radical (unpaired) electrons. The third kappa shape index (κ3) is 6.55. The van der Waals surface area contributed by atoms with Crippen LogP contribution in [0.1, 0.15) is 53.1 Å². The molecule has 0 saturated carbocycles. The van der Waals surface area contributed by atoms with E-state index in [1.165, 1.54) is 37.4 Å². The molecule has 0 aromatic heterocycles. The lowest BCUT2D eigenvalue weighted by Gasteiger charge is -2.36. The number of carbonyl (C=O) groups excluding carboxylic acids is 1. The molecule has 10 heteroatoms. The van der Waals surface area contributed by atoms with E-state index in [-0.39, 0.29) is 17.7 Å². The second kappa shape index (κ2) is 11.3. The predicted molar refractivity (Wildman–Crippen MR) is 133 cm³/mol. The Morgan fingerprint density at radius 3 is 1.92 bits per heavy atom. The zero-order valence-corrected chi connectivity index (χ0v) is 21.1. The lowest BCUT2D eigenvalue weighted by atomic mass is 9.88. The smallest absolute Gasteiger partial charge is 0.416 e. The molecule has 0 amide bonds. The molecule has 4 nitrogen and oxygen atoms in total. The number of phenolic OH excluding ortho intramolecular Hbond substituents is 1. The number of piperidine rings is 1. The van der Waals surface area contributed by atoms with Crippen LogP contribution in [-0.4, -0.2) is 36.2 Å². The number of carbonyl (C=O) groups is 1. The van der Waals surface area contributed by atoms with E-state index in [1.807, 2.05) is 0 Å². The quantitative estimate of drug-likeness (QED) is 0.257. The molecule has 39 heavy (non-hydrogen) atoms. The molecule has 208 valence electrons. The van der Waals surface area contributed by atoms with E-state index < -0.39 is 35.5 Å². The van der Waals surface area contributed by atoms with Gasteiger partial charge in [0.2, 0.25) is 0 Å². The number of phenols is 1. The Labute approximate surface area is 221 Å². The fourth-order valence-corrected chi connectivity index (χ4v) is 4.95. The molecule has 0 spiro atoms. The molecule has 1 fully saturated rings. The van der Waals surface area contributed by atoms with Crippen LogP contribution in [-0.2, 0) is 28.3 Å². The van der Waals surface area contributed by atoms with Crippen LogP contribution in [0.15, 0.2) is 60.7 Å². The minimum Gasteiger partial charge on any atom is -0.507 e. The van der Waals surface area contributed by atoms with Gasteiger partial charge >= 0.3 is 18.3 Å². The second-order valence-electron chi connectivity index (χ2n) is 9.53. The zero-order valence-electron chi connectivity index (χ0n) is 21.1. The summed E-state index contributed by atoms with van der Waals surface area (Å²) in [5.41, 5.74) is 0.123. The van der Waals surface area contributed by atoms with E-state index >= 15 is 0 Å². The van der Waals surface area contributed by atoms with Crippen LogP contribution in [0.25, 0.3) is 11.1 Å². The summed E-state index contributed by atoms with van der Waals surface area (Å²) >= 11 is 0. The summed E-state index contributed by atoms with van der Waals surface area (Å²) in [5.74, 6) is -0.784. The fraction of sp³-hybridized carbons (Fsp3) is 0.345. The maximum atomic E-state index is 13.2. The number of esters is 1. The Morgan fingerprint density at radius 1 is 0.872 bits per heavy atom. The van der Waals surface area contributed by atoms with E-state index in [9.17, 15) is 36.2 Å². The molecule has 1 aliphatic heterocycles. The van der Waals surface area contributed by atoms with Gasteiger partial charge in [-0.25, -0.2) is 0 Å². The Kier molecular flexibility index (Phi) is 8.25. The molecular formula is C29H27F6NO3. The lowest BCUT2D eigenvalue weighted by molar-refractivity contribution is -0.140. The van der Waals surface area contributed by atoms with Gasteiger partial charge in [0.15, 0.2) is 0 Å². The molecule has 3 aromatic carbocycles. The summed E-state index contributed by atoms with van der Waals surface area (Å²) in [5, 5.41) is 11.5. The van der Waals surface area contributed by atoms with Crippen LogP contribution in [0.4, 0.5) is 26.3 Å². The highest BCUT2D eigenvalue weighted by Crippen LogP contribution is 2.43. The fourth-order valence-electron chi connectivity index (χ4n) is 4.95. The van der Waals surface area contributed by atoms with Crippen molar-refractivity contribution in [1.29, 1.82) is 0 Å². The van der Waals surface area contributed by atoms with Gasteiger partial charge in [-0.15, -0.1) is 0 Å². The van der Waals surface area contributed by atoms with Crippen molar-refractivity contribution in [3.8, 4) is 16.9 Å². The number of hydrogen-bond donors (Lipinski definition) is 1. The number of aromatic hydroxyl groups is 1. The first-order valence-electron chi connectivity index (χ1n) is 12.4. The molecule has 0 aliphatic carbocycles. The van der Waals surface area contributed by atoms with E-state index in [4.69, 9.17) is 4.74 Å². The number of alkyl halides is 6. The number of hydrogen-bond acceptors (Lipinski definition) is 4. The van der Waals surface area contributed by atoms with Gasteiger partial charge in [-0.2, -0.15) is 26.3 Å². The SMILES string of the molecule is COC(=O)Cc1cc(-c2ccc(C(F)(F)F)cc2)c(O)c(C(c2ccc(C(F)(F)F)cc2)N2CCCCC2)c1. The van der Waals surface area contributed by atoms with Crippen molar-refractivity contribution in [3.05, 3.63) is 88.5 Å². The number of methoxy groups -OCH3 is 1. The van der Waals surface area contributed by atoms with Gasteiger partial charge in [-0.3, -0.25) is 9.69 Å². The second-order valence-corrected chi connectivity index (χ2v) is 9.53. The summed E-state index contributed by atoms with van der Waals surface area (Å²) in [6.07, 6.45) is -6.53. The molecular weight excluding hydrogens is 524 g/mol. The van der Waals surface area contributed by atoms with Gasteiger partial charge in [0.05, 0.1) is 30.7 Å². The Balaban J connectivity index is 1.88. The number of likely N-dealkylation sites (tertiary alicyclic amines) is 1. The largest absolute Gasteiger partial charge is 0.507 e. The third-order valence-corrected chi connectivity index (χ3v) is 6.90. The van der Waals surface area contributed by atoms with E-state index in [0.717, 1.165) is 43.5 Å². The maximum absolute atomic E-state index is 13.2. The van der Waals surface area contributed by atoms with Crippen molar-refractivity contribution < 1.29 is 41.0 Å². The van der Waals surface area contributed by atoms with Crippen molar-refractivity contribution in [1.82, 2.24) is 4.90 Å². The molecule has 1 aliphatic rings. The van der Waals surface area contributed by atoms with Crippen molar-refractivity contribution >= 4 is 5.97 Å². The predicted octanol–water partition coefficient (Wildman–Crippen LogP) is 7.39. The summed E-state index contributed by atoms with van der Waals surface area (Å²) in [6, 6.07) is 11.4. The first kappa shape index (κ1) is 28.5. The Morgan fingerprint density at radius 2 is 1.41 bits per heavy atom. The Hall–Kier alpha value is -3.53. The Bertz CT molecular complexity index is 1290. The standard InChI is InChI=1S/C29H27F6NO3/c1-39-25(37)17-18-15-23(19-5-9-21(10-6-19)28(30,31)32)27(38)24(16-18)26(36-13-3-2-4-14-36)20-7-11-22(12-8-20)29(33,34)35/h5-12,15-16,26,38H,2-4,13-14,17H2,1H3. The maximum Gasteiger partial charge on any atom is 0.416 e. The molecule has 3 aromatic rings. The highest BCUT2D eigenvalue weighted by atomic mass is 19.4.